The summed E-state index contributed by atoms with van der Waals surface area (Å²) in [5, 5.41) is 9.58. The first kappa shape index (κ1) is 21.8. The number of hydrogen-bond donors (Lipinski definition) is 1. The number of benzene rings is 2. The van der Waals surface area contributed by atoms with Crippen molar-refractivity contribution in [3.8, 4) is 22.9 Å². The Bertz CT molecular complexity index is 1190. The number of anilines is 1. The van der Waals surface area contributed by atoms with Gasteiger partial charge in [0.1, 0.15) is 23.3 Å². The van der Waals surface area contributed by atoms with E-state index in [-0.39, 0.29) is 30.5 Å². The molecular weight excluding hydrogens is 430 g/mol. The highest BCUT2D eigenvalue weighted by molar-refractivity contribution is 6.38. The first-order valence-electron chi connectivity index (χ1n) is 9.93. The SMILES string of the molecule is COc1ccc(-c2noc(COC(=O)C3=NN(c4ccccc4)C(C(N)=O)C3)n2)c(OC)c1. The maximum absolute atomic E-state index is 12.6. The fraction of sp³-hybridized carbons (Fsp3) is 0.227. The molecule has 33 heavy (non-hydrogen) atoms. The molecule has 1 aromatic heterocycles. The normalized spacial score (nSPS) is 15.2. The van der Waals surface area contributed by atoms with Crippen molar-refractivity contribution >= 4 is 23.3 Å². The van der Waals surface area contributed by atoms with Crippen molar-refractivity contribution in [3.63, 3.8) is 0 Å². The minimum Gasteiger partial charge on any atom is -0.497 e. The quantitative estimate of drug-likeness (QED) is 0.508. The number of aromatic nitrogens is 2. The lowest BCUT2D eigenvalue weighted by Crippen LogP contribution is -2.39. The number of nitrogens with two attached hydrogens (primary N) is 1. The van der Waals surface area contributed by atoms with Crippen LogP contribution in [0.1, 0.15) is 12.3 Å². The van der Waals surface area contributed by atoms with Crippen molar-refractivity contribution in [1.82, 2.24) is 10.1 Å². The lowest BCUT2D eigenvalue weighted by atomic mass is 10.1. The Morgan fingerprint density at radius 3 is 2.64 bits per heavy atom. The Kier molecular flexibility index (Phi) is 6.20. The van der Waals surface area contributed by atoms with Crippen molar-refractivity contribution in [2.24, 2.45) is 10.8 Å². The van der Waals surface area contributed by atoms with Crippen LogP contribution in [0.25, 0.3) is 11.4 Å². The van der Waals surface area contributed by atoms with Gasteiger partial charge >= 0.3 is 5.97 Å². The van der Waals surface area contributed by atoms with Crippen LogP contribution >= 0.6 is 0 Å². The Morgan fingerprint density at radius 1 is 1.15 bits per heavy atom. The topological polar surface area (TPSA) is 142 Å². The van der Waals surface area contributed by atoms with Gasteiger partial charge < -0.3 is 24.5 Å². The molecule has 1 unspecified atom stereocenters. The second-order valence-corrected chi connectivity index (χ2v) is 7.00. The Labute approximate surface area is 188 Å². The predicted octanol–water partition coefficient (Wildman–Crippen LogP) is 1.92. The number of para-hydroxylation sites is 1. The Balaban J connectivity index is 1.45. The second kappa shape index (κ2) is 9.39. The second-order valence-electron chi connectivity index (χ2n) is 7.00. The molecule has 0 radical (unpaired) electrons. The minimum absolute atomic E-state index is 0.0290. The van der Waals surface area contributed by atoms with Gasteiger partial charge in [-0.2, -0.15) is 10.1 Å². The number of carbonyl (C=O) groups is 2. The molecule has 2 heterocycles. The van der Waals surface area contributed by atoms with Gasteiger partial charge in [-0.15, -0.1) is 0 Å². The molecule has 0 bridgehead atoms. The molecule has 2 N–H and O–H groups in total. The number of esters is 1. The van der Waals surface area contributed by atoms with Crippen LogP contribution in [0, 0.1) is 0 Å². The molecule has 0 saturated carbocycles. The van der Waals surface area contributed by atoms with Gasteiger partial charge in [0, 0.05) is 12.5 Å². The van der Waals surface area contributed by atoms with E-state index in [1.54, 1.807) is 49.6 Å². The summed E-state index contributed by atoms with van der Waals surface area (Å²) in [6.45, 7) is -0.268. The molecule has 1 amide bonds. The van der Waals surface area contributed by atoms with E-state index in [0.717, 1.165) is 0 Å². The van der Waals surface area contributed by atoms with E-state index in [1.165, 1.54) is 12.1 Å². The Morgan fingerprint density at radius 2 is 1.94 bits per heavy atom. The van der Waals surface area contributed by atoms with E-state index in [9.17, 15) is 9.59 Å². The molecule has 0 saturated heterocycles. The summed E-state index contributed by atoms with van der Waals surface area (Å²) >= 11 is 0. The maximum Gasteiger partial charge on any atom is 0.355 e. The van der Waals surface area contributed by atoms with E-state index in [1.807, 2.05) is 6.07 Å². The molecule has 11 nitrogen and oxygen atoms in total. The molecule has 0 aliphatic carbocycles. The number of rotatable bonds is 8. The summed E-state index contributed by atoms with van der Waals surface area (Å²) in [5.74, 6) is 0.160. The van der Waals surface area contributed by atoms with Gasteiger partial charge in [0.25, 0.3) is 5.89 Å². The molecule has 2 aromatic carbocycles. The zero-order valence-electron chi connectivity index (χ0n) is 17.9. The third-order valence-electron chi connectivity index (χ3n) is 4.94. The number of primary amides is 1. The molecule has 11 heteroatoms. The highest BCUT2D eigenvalue weighted by Gasteiger charge is 2.35. The van der Waals surface area contributed by atoms with Crippen LogP contribution in [-0.4, -0.2) is 48.0 Å². The van der Waals surface area contributed by atoms with Crippen LogP contribution in [0.3, 0.4) is 0 Å². The van der Waals surface area contributed by atoms with Crippen LogP contribution in [0.5, 0.6) is 11.5 Å². The number of hydrogen-bond acceptors (Lipinski definition) is 10. The summed E-state index contributed by atoms with van der Waals surface area (Å²) in [7, 11) is 3.07. The fourth-order valence-electron chi connectivity index (χ4n) is 3.29. The third-order valence-corrected chi connectivity index (χ3v) is 4.94. The summed E-state index contributed by atoms with van der Waals surface area (Å²) in [5.41, 5.74) is 6.79. The zero-order chi connectivity index (χ0) is 23.4. The molecular formula is C22H21N5O6. The maximum atomic E-state index is 12.6. The fourth-order valence-corrected chi connectivity index (χ4v) is 3.29. The average Bonchev–Trinajstić information content (AvgIpc) is 3.50. The molecule has 3 aromatic rings. The van der Waals surface area contributed by atoms with Crippen molar-refractivity contribution in [2.75, 3.05) is 19.2 Å². The summed E-state index contributed by atoms with van der Waals surface area (Å²) < 4.78 is 21.0. The predicted molar refractivity (Wildman–Crippen MR) is 117 cm³/mol. The van der Waals surface area contributed by atoms with Crippen LogP contribution < -0.4 is 20.2 Å². The van der Waals surface area contributed by atoms with Crippen LogP contribution in [0.4, 0.5) is 5.69 Å². The highest BCUT2D eigenvalue weighted by atomic mass is 16.6. The van der Waals surface area contributed by atoms with Gasteiger partial charge in [0.15, 0.2) is 6.61 Å². The van der Waals surface area contributed by atoms with Crippen LogP contribution in [0.2, 0.25) is 0 Å². The first-order valence-corrected chi connectivity index (χ1v) is 9.93. The molecule has 0 spiro atoms. The highest BCUT2D eigenvalue weighted by Crippen LogP contribution is 2.31. The summed E-state index contributed by atoms with van der Waals surface area (Å²) in [6.07, 6.45) is 0.0290. The van der Waals surface area contributed by atoms with Crippen molar-refractivity contribution in [1.29, 1.82) is 0 Å². The largest absolute Gasteiger partial charge is 0.497 e. The number of nitrogens with zero attached hydrogens (tertiary/aromatic N) is 4. The number of methoxy groups -OCH3 is 2. The lowest BCUT2D eigenvalue weighted by molar-refractivity contribution is -0.137. The van der Waals surface area contributed by atoms with Crippen molar-refractivity contribution < 1.29 is 28.3 Å². The van der Waals surface area contributed by atoms with Crippen molar-refractivity contribution in [3.05, 3.63) is 54.4 Å². The monoisotopic (exact) mass is 451 g/mol. The number of carbonyl (C=O) groups excluding carboxylic acids is 2. The first-order chi connectivity index (χ1) is 16.0. The number of hydrazone groups is 1. The van der Waals surface area contributed by atoms with Gasteiger partial charge in [-0.1, -0.05) is 23.4 Å². The standard InChI is InChI=1S/C22H21N5O6/c1-30-14-8-9-15(18(10-14)31-2)21-24-19(33-26-21)12-32-22(29)16-11-17(20(23)28)27(25-16)13-6-4-3-5-7-13/h3-10,17H,11-12H2,1-2H3,(H2,23,28). The van der Waals surface area contributed by atoms with E-state index in [2.05, 4.69) is 15.2 Å². The van der Waals surface area contributed by atoms with E-state index in [4.69, 9.17) is 24.5 Å². The van der Waals surface area contributed by atoms with Crippen molar-refractivity contribution in [2.45, 2.75) is 19.1 Å². The molecule has 170 valence electrons. The molecule has 1 aliphatic rings. The van der Waals surface area contributed by atoms with Gasteiger partial charge in [0.2, 0.25) is 11.7 Å². The summed E-state index contributed by atoms with van der Waals surface area (Å²) in [6, 6.07) is 13.3. The average molecular weight is 451 g/mol. The van der Waals surface area contributed by atoms with E-state index in [0.29, 0.717) is 22.7 Å². The van der Waals surface area contributed by atoms with E-state index < -0.39 is 17.9 Å². The molecule has 1 atom stereocenters. The lowest BCUT2D eigenvalue weighted by Gasteiger charge is -2.20. The van der Waals surface area contributed by atoms with Gasteiger partial charge in [0.05, 0.1) is 25.5 Å². The van der Waals surface area contributed by atoms with Gasteiger partial charge in [-0.25, -0.2) is 4.79 Å². The molecule has 1 aliphatic heterocycles. The third kappa shape index (κ3) is 4.61. The van der Waals surface area contributed by atoms with E-state index >= 15 is 0 Å². The zero-order valence-corrected chi connectivity index (χ0v) is 17.9. The molecule has 0 fully saturated rings. The molecule has 4 rings (SSSR count). The Hall–Kier alpha value is -4.41. The summed E-state index contributed by atoms with van der Waals surface area (Å²) in [4.78, 5) is 28.7. The minimum atomic E-state index is -0.785. The van der Waals surface area contributed by atoms with Gasteiger partial charge in [-0.05, 0) is 24.3 Å². The number of amides is 1. The smallest absolute Gasteiger partial charge is 0.355 e. The number of ether oxygens (including phenoxy) is 3. The van der Waals surface area contributed by atoms with Crippen LogP contribution in [0.15, 0.2) is 58.2 Å². The van der Waals surface area contributed by atoms with Crippen LogP contribution in [-0.2, 0) is 20.9 Å². The van der Waals surface area contributed by atoms with Gasteiger partial charge in [-0.3, -0.25) is 9.80 Å².